The molecule has 2 saturated heterocycles. The minimum Gasteiger partial charge on any atom is -0.326 e. The van der Waals surface area contributed by atoms with Crippen molar-refractivity contribution in [3.63, 3.8) is 0 Å². The molecule has 1 N–H and O–H groups in total. The number of rotatable bonds is 5. The van der Waals surface area contributed by atoms with Crippen molar-refractivity contribution in [3.8, 4) is 6.07 Å². The molecule has 4 aliphatic carbocycles. The molecule has 0 aromatic carbocycles. The molecule has 8 heteroatoms. The monoisotopic (exact) mass is 420 g/mol. The van der Waals surface area contributed by atoms with Gasteiger partial charge in [-0.25, -0.2) is 12.7 Å². The molecule has 2 aliphatic heterocycles. The molecule has 5 atom stereocenters. The van der Waals surface area contributed by atoms with E-state index in [-0.39, 0.29) is 22.9 Å². The number of hydrogen-bond donors (Lipinski definition) is 1. The van der Waals surface area contributed by atoms with E-state index in [4.69, 9.17) is 0 Å². The maximum absolute atomic E-state index is 12.8. The summed E-state index contributed by atoms with van der Waals surface area (Å²) in [5.74, 6) is 1.50. The Morgan fingerprint density at radius 2 is 2.03 bits per heavy atom. The highest BCUT2D eigenvalue weighted by atomic mass is 32.2. The number of fused-ring (bicyclic) bond motifs is 2. The molecule has 0 aromatic heterocycles. The molecule has 7 nitrogen and oxygen atoms in total. The van der Waals surface area contributed by atoms with Crippen molar-refractivity contribution in [2.45, 2.75) is 69.4 Å². The number of nitrogens with one attached hydrogen (secondary N) is 1. The van der Waals surface area contributed by atoms with Crippen LogP contribution >= 0.6 is 0 Å². The predicted molar refractivity (Wildman–Crippen MR) is 108 cm³/mol. The zero-order chi connectivity index (χ0) is 20.3. The van der Waals surface area contributed by atoms with E-state index < -0.39 is 10.0 Å². The summed E-state index contributed by atoms with van der Waals surface area (Å²) in [7, 11) is -3.08. The van der Waals surface area contributed by atoms with E-state index in [9.17, 15) is 18.5 Å². The molecule has 0 radical (unpaired) electrons. The second-order valence-corrected chi connectivity index (χ2v) is 12.2. The molecule has 6 fully saturated rings. The molecule has 6 rings (SSSR count). The Balaban J connectivity index is 1.31. The van der Waals surface area contributed by atoms with Gasteiger partial charge in [0.2, 0.25) is 15.9 Å². The summed E-state index contributed by atoms with van der Waals surface area (Å²) >= 11 is 0. The smallest absolute Gasteiger partial charge is 0.237 e. The second-order valence-electron chi connectivity index (χ2n) is 10.2. The van der Waals surface area contributed by atoms with Gasteiger partial charge in [0.25, 0.3) is 0 Å². The third-order valence-electron chi connectivity index (χ3n) is 8.73. The van der Waals surface area contributed by atoms with Crippen molar-refractivity contribution >= 4 is 15.9 Å². The standard InChI is InChI=1S/C21H32N4O3S/c22-12-18-5-2-8-25(18)19(26)13-23-21-11-17-10-16(21)4-1-6-20(17,14-21)15-24-7-3-9-29(24,27)28/h16-18,23H,1-11,13-15H2/t16?,17?,18-,20?,21?/m0/s1. The molecule has 2 heterocycles. The van der Waals surface area contributed by atoms with Gasteiger partial charge in [-0.05, 0) is 68.6 Å². The van der Waals surface area contributed by atoms with Crippen molar-refractivity contribution in [2.75, 3.05) is 31.9 Å². The van der Waals surface area contributed by atoms with Crippen LogP contribution in [0.25, 0.3) is 0 Å². The Labute approximate surface area is 173 Å². The van der Waals surface area contributed by atoms with Crippen LogP contribution in [0.1, 0.15) is 57.8 Å². The van der Waals surface area contributed by atoms with Crippen molar-refractivity contribution < 1.29 is 13.2 Å². The first-order valence-corrected chi connectivity index (χ1v) is 12.9. The molecule has 4 saturated carbocycles. The van der Waals surface area contributed by atoms with E-state index in [1.165, 1.54) is 12.8 Å². The fraction of sp³-hybridized carbons (Fsp3) is 0.905. The van der Waals surface area contributed by atoms with Gasteiger partial charge in [0.1, 0.15) is 6.04 Å². The average molecular weight is 421 g/mol. The summed E-state index contributed by atoms with van der Waals surface area (Å²) in [6.07, 6.45) is 9.13. The Morgan fingerprint density at radius 1 is 1.17 bits per heavy atom. The van der Waals surface area contributed by atoms with Gasteiger partial charge in [0.05, 0.1) is 18.4 Å². The SMILES string of the molecule is N#C[C@@H]1CCCN1C(=O)CNC12CC3CC1CCCC3(CN1CCCS1(=O)=O)C2. The van der Waals surface area contributed by atoms with Crippen molar-refractivity contribution in [2.24, 2.45) is 17.3 Å². The number of amides is 1. The molecule has 6 aliphatic rings. The van der Waals surface area contributed by atoms with Crippen LogP contribution in [0.2, 0.25) is 0 Å². The van der Waals surface area contributed by atoms with Gasteiger partial charge in [-0.15, -0.1) is 0 Å². The summed E-state index contributed by atoms with van der Waals surface area (Å²) in [5.41, 5.74) is 0.0471. The first-order valence-electron chi connectivity index (χ1n) is 11.3. The zero-order valence-electron chi connectivity index (χ0n) is 17.1. The van der Waals surface area contributed by atoms with Gasteiger partial charge in [-0.1, -0.05) is 6.42 Å². The Bertz CT molecular complexity index is 839. The Morgan fingerprint density at radius 3 is 2.79 bits per heavy atom. The molecule has 4 unspecified atom stereocenters. The lowest BCUT2D eigenvalue weighted by Gasteiger charge is -2.43. The third-order valence-corrected chi connectivity index (χ3v) is 10.6. The van der Waals surface area contributed by atoms with Gasteiger partial charge in [-0.2, -0.15) is 5.26 Å². The molecule has 1 amide bonds. The highest BCUT2D eigenvalue weighted by Crippen LogP contribution is 2.66. The third kappa shape index (κ3) is 3.12. The molecule has 0 spiro atoms. The van der Waals surface area contributed by atoms with E-state index in [0.29, 0.717) is 43.8 Å². The first-order chi connectivity index (χ1) is 13.9. The number of nitrogens with zero attached hydrogens (tertiary/aromatic N) is 3. The first kappa shape index (κ1) is 19.8. The average Bonchev–Trinajstić information content (AvgIpc) is 3.39. The lowest BCUT2D eigenvalue weighted by Crippen LogP contribution is -2.54. The lowest BCUT2D eigenvalue weighted by atomic mass is 9.69. The van der Waals surface area contributed by atoms with Crippen LogP contribution in [0.15, 0.2) is 0 Å². The molecule has 160 valence electrons. The van der Waals surface area contributed by atoms with Crippen molar-refractivity contribution in [1.29, 1.82) is 5.26 Å². The van der Waals surface area contributed by atoms with Gasteiger partial charge in [-0.3, -0.25) is 4.79 Å². The van der Waals surface area contributed by atoms with E-state index in [0.717, 1.165) is 44.9 Å². The highest BCUT2D eigenvalue weighted by molar-refractivity contribution is 7.89. The molecule has 29 heavy (non-hydrogen) atoms. The fourth-order valence-corrected chi connectivity index (χ4v) is 9.03. The maximum atomic E-state index is 12.8. The van der Waals surface area contributed by atoms with Crippen LogP contribution < -0.4 is 5.32 Å². The van der Waals surface area contributed by atoms with Crippen LogP contribution in [0, 0.1) is 28.6 Å². The summed E-state index contributed by atoms with van der Waals surface area (Å²) < 4.78 is 26.7. The Hall–Kier alpha value is -1.17. The largest absolute Gasteiger partial charge is 0.326 e. The summed E-state index contributed by atoms with van der Waals surface area (Å²) in [4.78, 5) is 14.5. The normalized spacial score (nSPS) is 43.0. The Kier molecular flexibility index (Phi) is 4.72. The number of nitriles is 1. The summed E-state index contributed by atoms with van der Waals surface area (Å²) in [6.45, 7) is 2.34. The van der Waals surface area contributed by atoms with Gasteiger partial charge in [0, 0.05) is 25.2 Å². The molecule has 4 bridgehead atoms. The molecule has 0 aromatic rings. The van der Waals surface area contributed by atoms with Gasteiger partial charge >= 0.3 is 0 Å². The summed E-state index contributed by atoms with van der Waals surface area (Å²) in [6, 6.07) is 1.99. The van der Waals surface area contributed by atoms with Gasteiger partial charge in [0.15, 0.2) is 0 Å². The van der Waals surface area contributed by atoms with Crippen LogP contribution in [-0.2, 0) is 14.8 Å². The van der Waals surface area contributed by atoms with Crippen LogP contribution in [-0.4, -0.2) is 67.0 Å². The highest BCUT2D eigenvalue weighted by Gasteiger charge is 2.64. The maximum Gasteiger partial charge on any atom is 0.237 e. The second kappa shape index (κ2) is 6.93. The molecular formula is C21H32N4O3S. The van der Waals surface area contributed by atoms with E-state index in [2.05, 4.69) is 11.4 Å². The number of carbonyl (C=O) groups excluding carboxylic acids is 1. The minimum absolute atomic E-state index is 0.0256. The number of hydrogen-bond acceptors (Lipinski definition) is 5. The van der Waals surface area contributed by atoms with Crippen LogP contribution in [0.4, 0.5) is 0 Å². The zero-order valence-corrected chi connectivity index (χ0v) is 17.9. The van der Waals surface area contributed by atoms with E-state index in [1.54, 1.807) is 9.21 Å². The minimum atomic E-state index is -3.08. The topological polar surface area (TPSA) is 93.5 Å². The van der Waals surface area contributed by atoms with E-state index in [1.807, 2.05) is 0 Å². The van der Waals surface area contributed by atoms with Crippen LogP contribution in [0.3, 0.4) is 0 Å². The van der Waals surface area contributed by atoms with Crippen LogP contribution in [0.5, 0.6) is 0 Å². The quantitative estimate of drug-likeness (QED) is 0.727. The predicted octanol–water partition coefficient (Wildman–Crippen LogP) is 1.47. The molecular weight excluding hydrogens is 388 g/mol. The number of likely N-dealkylation sites (tertiary alicyclic amines) is 1. The summed E-state index contributed by atoms with van der Waals surface area (Å²) in [5, 5.41) is 13.0. The van der Waals surface area contributed by atoms with Gasteiger partial charge < -0.3 is 10.2 Å². The number of carbonyl (C=O) groups is 1. The lowest BCUT2D eigenvalue weighted by molar-refractivity contribution is -0.130. The fourth-order valence-electron chi connectivity index (χ4n) is 7.42. The van der Waals surface area contributed by atoms with Crippen molar-refractivity contribution in [1.82, 2.24) is 14.5 Å². The van der Waals surface area contributed by atoms with E-state index >= 15 is 0 Å². The van der Waals surface area contributed by atoms with Crippen molar-refractivity contribution in [3.05, 3.63) is 0 Å². The number of sulfonamides is 1.